The van der Waals surface area contributed by atoms with Crippen LogP contribution in [0.15, 0.2) is 34.6 Å². The van der Waals surface area contributed by atoms with Crippen molar-refractivity contribution in [3.8, 4) is 5.75 Å². The van der Waals surface area contributed by atoms with Gasteiger partial charge in [-0.1, -0.05) is 32.9 Å². The second kappa shape index (κ2) is 8.82. The third kappa shape index (κ3) is 4.95. The van der Waals surface area contributed by atoms with Gasteiger partial charge in [-0.25, -0.2) is 9.98 Å². The number of aromatic hydroxyl groups is 1. The lowest BCUT2D eigenvalue weighted by molar-refractivity contribution is 0.369. The largest absolute Gasteiger partial charge is 0.506 e. The number of para-hydroxylation sites is 2. The zero-order chi connectivity index (χ0) is 20.1. The zero-order valence-electron chi connectivity index (χ0n) is 17.3. The molecule has 6 nitrogen and oxygen atoms in total. The summed E-state index contributed by atoms with van der Waals surface area (Å²) in [4.78, 5) is 14.1. The van der Waals surface area contributed by atoms with Gasteiger partial charge in [0, 0.05) is 43.5 Å². The first-order valence-corrected chi connectivity index (χ1v) is 10.8. The Labute approximate surface area is 171 Å². The topological polar surface area (TPSA) is 64.0 Å². The summed E-state index contributed by atoms with van der Waals surface area (Å²) in [5.74, 6) is 1.28. The Morgan fingerprint density at radius 3 is 2.54 bits per heavy atom. The molecule has 0 bridgehead atoms. The third-order valence-corrected chi connectivity index (χ3v) is 6.04. The Balaban J connectivity index is 1.64. The first-order chi connectivity index (χ1) is 13.4. The van der Waals surface area contributed by atoms with Crippen molar-refractivity contribution in [3.63, 3.8) is 0 Å². The van der Waals surface area contributed by atoms with Crippen molar-refractivity contribution in [1.82, 2.24) is 15.2 Å². The number of piperazine rings is 1. The van der Waals surface area contributed by atoms with E-state index in [4.69, 9.17) is 9.98 Å². The molecular formula is C21H31N5OS. The number of aliphatic imine (C=N–C) groups is 1. The molecule has 2 heterocycles. The lowest BCUT2D eigenvalue weighted by atomic mass is 9.98. The van der Waals surface area contributed by atoms with Crippen LogP contribution < -0.4 is 10.2 Å². The normalized spacial score (nSPS) is 15.8. The number of aromatic nitrogens is 1. The number of rotatable bonds is 4. The fraction of sp³-hybridized carbons (Fsp3) is 0.524. The van der Waals surface area contributed by atoms with E-state index >= 15 is 0 Å². The number of hydrogen-bond donors (Lipinski definition) is 2. The number of thiazole rings is 1. The molecule has 2 N–H and O–H groups in total. The van der Waals surface area contributed by atoms with Gasteiger partial charge in [-0.3, -0.25) is 0 Å². The summed E-state index contributed by atoms with van der Waals surface area (Å²) in [5.41, 5.74) is 2.01. The molecule has 0 atom stereocenters. The van der Waals surface area contributed by atoms with E-state index in [-0.39, 0.29) is 5.41 Å². The van der Waals surface area contributed by atoms with Gasteiger partial charge in [0.05, 0.1) is 22.9 Å². The molecule has 1 aromatic heterocycles. The Kier molecular flexibility index (Phi) is 6.44. The van der Waals surface area contributed by atoms with Crippen molar-refractivity contribution in [2.24, 2.45) is 4.99 Å². The summed E-state index contributed by atoms with van der Waals surface area (Å²) in [6, 6.07) is 7.54. The smallest absolute Gasteiger partial charge is 0.194 e. The minimum Gasteiger partial charge on any atom is -0.506 e. The maximum absolute atomic E-state index is 10.1. The van der Waals surface area contributed by atoms with Gasteiger partial charge in [-0.05, 0) is 19.1 Å². The van der Waals surface area contributed by atoms with Gasteiger partial charge in [0.2, 0.25) is 0 Å². The van der Waals surface area contributed by atoms with Crippen LogP contribution in [-0.4, -0.2) is 53.7 Å². The van der Waals surface area contributed by atoms with E-state index in [2.05, 4.69) is 48.2 Å². The van der Waals surface area contributed by atoms with Crippen molar-refractivity contribution < 1.29 is 5.11 Å². The van der Waals surface area contributed by atoms with Gasteiger partial charge in [-0.2, -0.15) is 0 Å². The van der Waals surface area contributed by atoms with Crippen molar-refractivity contribution >= 4 is 23.0 Å². The summed E-state index contributed by atoms with van der Waals surface area (Å²) >= 11 is 1.71. The van der Waals surface area contributed by atoms with Crippen LogP contribution in [-0.2, 0) is 12.0 Å². The summed E-state index contributed by atoms with van der Waals surface area (Å²) in [7, 11) is 0. The van der Waals surface area contributed by atoms with Crippen LogP contribution in [0.4, 0.5) is 5.69 Å². The summed E-state index contributed by atoms with van der Waals surface area (Å²) in [6.45, 7) is 13.5. The molecular weight excluding hydrogens is 370 g/mol. The monoisotopic (exact) mass is 401 g/mol. The third-order valence-electron chi connectivity index (χ3n) is 4.72. The standard InChI is InChI=1S/C21H31N5OS/c1-5-22-20(23-14-16-15-28-19(24-16)21(2,3)4)26-12-10-25(11-13-26)17-8-6-7-9-18(17)27/h6-9,15,27H,5,10-14H2,1-4H3,(H,22,23). The highest BCUT2D eigenvalue weighted by Crippen LogP contribution is 2.27. The van der Waals surface area contributed by atoms with Crippen LogP contribution in [0, 0.1) is 0 Å². The van der Waals surface area contributed by atoms with Crippen LogP contribution in [0.5, 0.6) is 5.75 Å². The molecule has 0 radical (unpaired) electrons. The predicted molar refractivity (Wildman–Crippen MR) is 118 cm³/mol. The van der Waals surface area contributed by atoms with E-state index in [9.17, 15) is 5.11 Å². The summed E-state index contributed by atoms with van der Waals surface area (Å²) < 4.78 is 0. The van der Waals surface area contributed by atoms with Crippen molar-refractivity contribution in [1.29, 1.82) is 0 Å². The lowest BCUT2D eigenvalue weighted by Crippen LogP contribution is -2.52. The number of nitrogens with one attached hydrogen (secondary N) is 1. The first kappa shape index (κ1) is 20.5. The maximum Gasteiger partial charge on any atom is 0.194 e. The molecule has 152 valence electrons. The number of benzene rings is 1. The second-order valence-corrected chi connectivity index (χ2v) is 8.89. The summed E-state index contributed by atoms with van der Waals surface area (Å²) in [6.07, 6.45) is 0. The van der Waals surface area contributed by atoms with Crippen molar-refractivity contribution in [2.45, 2.75) is 39.7 Å². The molecule has 0 unspecified atom stereocenters. The molecule has 1 aromatic carbocycles. The van der Waals surface area contributed by atoms with Crippen LogP contribution in [0.2, 0.25) is 0 Å². The SMILES string of the molecule is CCNC(=NCc1csc(C(C)(C)C)n1)N1CCN(c2ccccc2O)CC1. The second-order valence-electron chi connectivity index (χ2n) is 8.03. The minimum atomic E-state index is 0.0798. The molecule has 0 spiro atoms. The van der Waals surface area contributed by atoms with Crippen LogP contribution in [0.3, 0.4) is 0 Å². The fourth-order valence-corrected chi connectivity index (χ4v) is 4.09. The quantitative estimate of drug-likeness (QED) is 0.607. The number of phenolic OH excluding ortho intramolecular Hbond substituents is 1. The molecule has 0 amide bonds. The highest BCUT2D eigenvalue weighted by atomic mass is 32.1. The lowest BCUT2D eigenvalue weighted by Gasteiger charge is -2.37. The van der Waals surface area contributed by atoms with Gasteiger partial charge < -0.3 is 20.2 Å². The van der Waals surface area contributed by atoms with Gasteiger partial charge in [0.1, 0.15) is 5.75 Å². The molecule has 0 saturated carbocycles. The Bertz CT molecular complexity index is 803. The van der Waals surface area contributed by atoms with Crippen LogP contribution in [0.25, 0.3) is 0 Å². The molecule has 28 heavy (non-hydrogen) atoms. The van der Waals surface area contributed by atoms with E-state index in [0.29, 0.717) is 12.3 Å². The number of phenols is 1. The molecule has 1 aliphatic heterocycles. The molecule has 1 aliphatic rings. The van der Waals surface area contributed by atoms with Crippen LogP contribution >= 0.6 is 11.3 Å². The fourth-order valence-electron chi connectivity index (χ4n) is 3.20. The highest BCUT2D eigenvalue weighted by molar-refractivity contribution is 7.09. The molecule has 1 fully saturated rings. The number of nitrogens with zero attached hydrogens (tertiary/aromatic N) is 4. The number of hydrogen-bond acceptors (Lipinski definition) is 5. The van der Waals surface area contributed by atoms with E-state index in [1.54, 1.807) is 17.4 Å². The predicted octanol–water partition coefficient (Wildman–Crippen LogP) is 3.43. The van der Waals surface area contributed by atoms with Gasteiger partial charge in [0.25, 0.3) is 0 Å². The first-order valence-electron chi connectivity index (χ1n) is 9.89. The molecule has 0 aliphatic carbocycles. The number of guanidine groups is 1. The van der Waals surface area contributed by atoms with E-state index in [0.717, 1.165) is 55.1 Å². The minimum absolute atomic E-state index is 0.0798. The van der Waals surface area contributed by atoms with Crippen molar-refractivity contribution in [3.05, 3.63) is 40.3 Å². The number of anilines is 1. The Hall–Kier alpha value is -2.28. The average Bonchev–Trinajstić information content (AvgIpc) is 3.15. The Morgan fingerprint density at radius 1 is 1.21 bits per heavy atom. The van der Waals surface area contributed by atoms with Gasteiger partial charge >= 0.3 is 0 Å². The van der Waals surface area contributed by atoms with Crippen LogP contribution in [0.1, 0.15) is 38.4 Å². The van der Waals surface area contributed by atoms with E-state index < -0.39 is 0 Å². The maximum atomic E-state index is 10.1. The zero-order valence-corrected chi connectivity index (χ0v) is 18.1. The Morgan fingerprint density at radius 2 is 1.93 bits per heavy atom. The van der Waals surface area contributed by atoms with Gasteiger partial charge in [-0.15, -0.1) is 11.3 Å². The highest BCUT2D eigenvalue weighted by Gasteiger charge is 2.22. The average molecular weight is 402 g/mol. The van der Waals surface area contributed by atoms with E-state index in [1.807, 2.05) is 18.2 Å². The molecule has 3 rings (SSSR count). The van der Waals surface area contributed by atoms with E-state index in [1.165, 1.54) is 0 Å². The molecule has 2 aromatic rings. The van der Waals surface area contributed by atoms with Gasteiger partial charge in [0.15, 0.2) is 5.96 Å². The van der Waals surface area contributed by atoms with Crippen molar-refractivity contribution in [2.75, 3.05) is 37.6 Å². The summed E-state index contributed by atoms with van der Waals surface area (Å²) in [5, 5.41) is 16.8. The molecule has 1 saturated heterocycles. The molecule has 7 heteroatoms.